The van der Waals surface area contributed by atoms with E-state index in [9.17, 15) is 9.59 Å². The highest BCUT2D eigenvalue weighted by molar-refractivity contribution is 6.17. The van der Waals surface area contributed by atoms with Crippen molar-refractivity contribution in [2.75, 3.05) is 13.7 Å². The zero-order chi connectivity index (χ0) is 15.1. The Morgan fingerprint density at radius 1 is 1.20 bits per heavy atom. The topological polar surface area (TPSA) is 55.4 Å². The lowest BCUT2D eigenvalue weighted by atomic mass is 9.83. The van der Waals surface area contributed by atoms with Gasteiger partial charge in [-0.2, -0.15) is 0 Å². The van der Waals surface area contributed by atoms with Gasteiger partial charge in [0.15, 0.2) is 5.78 Å². The summed E-state index contributed by atoms with van der Waals surface area (Å²) in [6.07, 6.45) is 0. The number of hydrogen-bond donors (Lipinski definition) is 1. The summed E-state index contributed by atoms with van der Waals surface area (Å²) in [7, 11) is 1.53. The van der Waals surface area contributed by atoms with Gasteiger partial charge in [-0.05, 0) is 44.4 Å². The minimum atomic E-state index is -0.930. The van der Waals surface area contributed by atoms with E-state index in [2.05, 4.69) is 5.32 Å². The van der Waals surface area contributed by atoms with Crippen LogP contribution in [0.25, 0.3) is 0 Å². The molecule has 0 saturated carbocycles. The fourth-order valence-corrected chi connectivity index (χ4v) is 3.15. The molecule has 1 aliphatic rings. The van der Waals surface area contributed by atoms with Crippen LogP contribution in [0.3, 0.4) is 0 Å². The Bertz CT molecular complexity index is 556. The minimum Gasteiger partial charge on any atom is -0.382 e. The van der Waals surface area contributed by atoms with Crippen molar-refractivity contribution in [2.24, 2.45) is 0 Å². The Kier molecular flexibility index (Phi) is 3.69. The molecule has 108 valence electrons. The molecule has 0 aromatic heterocycles. The second-order valence-electron chi connectivity index (χ2n) is 5.86. The maximum absolute atomic E-state index is 12.7. The van der Waals surface area contributed by atoms with Crippen molar-refractivity contribution in [3.63, 3.8) is 0 Å². The van der Waals surface area contributed by atoms with Crippen molar-refractivity contribution >= 4 is 11.7 Å². The van der Waals surface area contributed by atoms with Gasteiger partial charge in [-0.1, -0.05) is 17.7 Å². The SMILES string of the molecule is COCC1(C)NC(=O)C(c2c(C)cc(C)cc2C)C1=O. The third kappa shape index (κ3) is 2.24. The van der Waals surface area contributed by atoms with Crippen LogP contribution in [-0.2, 0) is 14.3 Å². The molecule has 1 aliphatic heterocycles. The van der Waals surface area contributed by atoms with E-state index in [1.54, 1.807) is 6.92 Å². The van der Waals surface area contributed by atoms with Crippen LogP contribution >= 0.6 is 0 Å². The van der Waals surface area contributed by atoms with E-state index < -0.39 is 11.5 Å². The third-order valence-corrected chi connectivity index (χ3v) is 3.93. The van der Waals surface area contributed by atoms with Gasteiger partial charge in [0.05, 0.1) is 6.61 Å². The van der Waals surface area contributed by atoms with Gasteiger partial charge in [0, 0.05) is 7.11 Å². The summed E-state index contributed by atoms with van der Waals surface area (Å²) in [5.74, 6) is -1.07. The third-order valence-electron chi connectivity index (χ3n) is 3.93. The molecule has 1 amide bonds. The predicted molar refractivity (Wildman–Crippen MR) is 76.8 cm³/mol. The zero-order valence-corrected chi connectivity index (χ0v) is 12.7. The molecule has 2 rings (SSSR count). The molecule has 0 radical (unpaired) electrons. The standard InChI is InChI=1S/C16H21NO3/c1-9-6-10(2)12(11(3)7-9)13-14(18)16(4,8-20-5)17-15(13)19/h6-7,13H,8H2,1-5H3,(H,17,19). The molecule has 0 bridgehead atoms. The van der Waals surface area contributed by atoms with Gasteiger partial charge in [-0.25, -0.2) is 0 Å². The van der Waals surface area contributed by atoms with E-state index in [0.717, 1.165) is 22.3 Å². The number of aryl methyl sites for hydroxylation is 3. The van der Waals surface area contributed by atoms with Gasteiger partial charge in [0.2, 0.25) is 5.91 Å². The number of carbonyl (C=O) groups excluding carboxylic acids is 2. The quantitative estimate of drug-likeness (QED) is 0.856. The van der Waals surface area contributed by atoms with E-state index >= 15 is 0 Å². The maximum Gasteiger partial charge on any atom is 0.236 e. The van der Waals surface area contributed by atoms with Gasteiger partial charge in [-0.15, -0.1) is 0 Å². The Labute approximate surface area is 119 Å². The monoisotopic (exact) mass is 275 g/mol. The van der Waals surface area contributed by atoms with Gasteiger partial charge in [0.1, 0.15) is 11.5 Å². The molecule has 20 heavy (non-hydrogen) atoms. The largest absolute Gasteiger partial charge is 0.382 e. The first-order chi connectivity index (χ1) is 9.30. The molecule has 2 unspecified atom stereocenters. The number of hydrogen-bond acceptors (Lipinski definition) is 3. The van der Waals surface area contributed by atoms with Crippen molar-refractivity contribution in [3.8, 4) is 0 Å². The van der Waals surface area contributed by atoms with Crippen LogP contribution in [0.5, 0.6) is 0 Å². The molecular weight excluding hydrogens is 254 g/mol. The fourth-order valence-electron chi connectivity index (χ4n) is 3.15. The van der Waals surface area contributed by atoms with E-state index in [-0.39, 0.29) is 18.3 Å². The highest BCUT2D eigenvalue weighted by Crippen LogP contribution is 2.34. The second kappa shape index (κ2) is 5.02. The van der Waals surface area contributed by atoms with Crippen LogP contribution in [0.2, 0.25) is 0 Å². The van der Waals surface area contributed by atoms with Crippen LogP contribution < -0.4 is 5.32 Å². The first kappa shape index (κ1) is 14.7. The maximum atomic E-state index is 12.7. The number of carbonyl (C=O) groups is 2. The molecule has 1 heterocycles. The summed E-state index contributed by atoms with van der Waals surface area (Å²) in [6.45, 7) is 7.81. The number of Topliss-reactive ketones (excluding diaryl/α,β-unsaturated/α-hetero) is 1. The zero-order valence-electron chi connectivity index (χ0n) is 12.7. The lowest BCUT2D eigenvalue weighted by Crippen LogP contribution is -2.47. The van der Waals surface area contributed by atoms with Crippen molar-refractivity contribution in [1.82, 2.24) is 5.32 Å². The van der Waals surface area contributed by atoms with Crippen LogP contribution in [0.1, 0.15) is 35.1 Å². The normalized spacial score (nSPS) is 25.9. The molecule has 4 nitrogen and oxygen atoms in total. The van der Waals surface area contributed by atoms with Gasteiger partial charge < -0.3 is 10.1 Å². The molecule has 0 spiro atoms. The Hall–Kier alpha value is -1.68. The van der Waals surface area contributed by atoms with Crippen LogP contribution in [0.15, 0.2) is 12.1 Å². The summed E-state index contributed by atoms with van der Waals surface area (Å²) in [4.78, 5) is 24.9. The van der Waals surface area contributed by atoms with Gasteiger partial charge in [0.25, 0.3) is 0 Å². The summed E-state index contributed by atoms with van der Waals surface area (Å²) < 4.78 is 5.08. The lowest BCUT2D eigenvalue weighted by Gasteiger charge is -2.21. The molecule has 4 heteroatoms. The number of rotatable bonds is 3. The highest BCUT2D eigenvalue weighted by atomic mass is 16.5. The van der Waals surface area contributed by atoms with Crippen LogP contribution in [0.4, 0.5) is 0 Å². The average molecular weight is 275 g/mol. The van der Waals surface area contributed by atoms with E-state index in [1.165, 1.54) is 7.11 Å². The van der Waals surface area contributed by atoms with Crippen molar-refractivity contribution in [2.45, 2.75) is 39.2 Å². The number of ether oxygens (including phenoxy) is 1. The molecular formula is C16H21NO3. The predicted octanol–water partition coefficient (Wildman–Crippen LogP) is 1.80. The van der Waals surface area contributed by atoms with Gasteiger partial charge in [-0.3, -0.25) is 9.59 Å². The second-order valence-corrected chi connectivity index (χ2v) is 5.86. The first-order valence-electron chi connectivity index (χ1n) is 6.73. The lowest BCUT2D eigenvalue weighted by molar-refractivity contribution is -0.125. The summed E-state index contributed by atoms with van der Waals surface area (Å²) >= 11 is 0. The van der Waals surface area contributed by atoms with Gasteiger partial charge >= 0.3 is 0 Å². The summed E-state index contributed by atoms with van der Waals surface area (Å²) in [5.41, 5.74) is 3.00. The Morgan fingerprint density at radius 3 is 2.25 bits per heavy atom. The molecule has 1 N–H and O–H groups in total. The molecule has 1 fully saturated rings. The van der Waals surface area contributed by atoms with Crippen molar-refractivity contribution in [3.05, 3.63) is 34.4 Å². The molecule has 0 aliphatic carbocycles. The number of methoxy groups -OCH3 is 1. The minimum absolute atomic E-state index is 0.112. The first-order valence-corrected chi connectivity index (χ1v) is 6.73. The Balaban J connectivity index is 2.49. The molecule has 2 atom stereocenters. The molecule has 1 aromatic rings. The van der Waals surface area contributed by atoms with Crippen LogP contribution in [0, 0.1) is 20.8 Å². The van der Waals surface area contributed by atoms with Crippen molar-refractivity contribution in [1.29, 1.82) is 0 Å². The number of benzene rings is 1. The van der Waals surface area contributed by atoms with E-state index in [0.29, 0.717) is 0 Å². The smallest absolute Gasteiger partial charge is 0.236 e. The number of ketones is 1. The molecule has 1 saturated heterocycles. The summed E-state index contributed by atoms with van der Waals surface area (Å²) in [5, 5.41) is 2.79. The average Bonchev–Trinajstić information content (AvgIpc) is 2.52. The number of nitrogens with one attached hydrogen (secondary N) is 1. The van der Waals surface area contributed by atoms with E-state index in [4.69, 9.17) is 4.74 Å². The Morgan fingerprint density at radius 2 is 1.75 bits per heavy atom. The molecule has 1 aromatic carbocycles. The highest BCUT2D eigenvalue weighted by Gasteiger charge is 2.50. The fraction of sp³-hybridized carbons (Fsp3) is 0.500. The van der Waals surface area contributed by atoms with E-state index in [1.807, 2.05) is 32.9 Å². The van der Waals surface area contributed by atoms with Crippen molar-refractivity contribution < 1.29 is 14.3 Å². The summed E-state index contributed by atoms with van der Waals surface area (Å²) in [6, 6.07) is 4.02. The van der Waals surface area contributed by atoms with Crippen LogP contribution in [-0.4, -0.2) is 30.9 Å². The number of amides is 1.